The number of nitrogens with one attached hydrogen (secondary N) is 1. The molecule has 2 unspecified atom stereocenters. The highest BCUT2D eigenvalue weighted by atomic mass is 14.9. The first kappa shape index (κ1) is 13.8. The van der Waals surface area contributed by atoms with E-state index in [1.807, 2.05) is 0 Å². The summed E-state index contributed by atoms with van der Waals surface area (Å²) in [5, 5.41) is 3.80. The van der Waals surface area contributed by atoms with Crippen LogP contribution in [0, 0.1) is 5.92 Å². The molecule has 3 aliphatic rings. The first-order valence-electron chi connectivity index (χ1n) is 9.24. The van der Waals surface area contributed by atoms with Crippen molar-refractivity contribution in [1.29, 1.82) is 0 Å². The maximum atomic E-state index is 3.80. The minimum absolute atomic E-state index is 0.821. The Balaban J connectivity index is 1.53. The molecule has 0 heterocycles. The molecule has 0 aromatic heterocycles. The molecule has 0 bridgehead atoms. The molecule has 4 rings (SSSR count). The molecule has 0 spiro atoms. The van der Waals surface area contributed by atoms with Crippen LogP contribution in [0.5, 0.6) is 0 Å². The second-order valence-corrected chi connectivity index (χ2v) is 7.59. The van der Waals surface area contributed by atoms with Gasteiger partial charge in [0.15, 0.2) is 0 Å². The van der Waals surface area contributed by atoms with Crippen LogP contribution in [0.2, 0.25) is 0 Å². The fourth-order valence-electron chi connectivity index (χ4n) is 4.41. The fourth-order valence-corrected chi connectivity index (χ4v) is 4.41. The van der Waals surface area contributed by atoms with Crippen molar-refractivity contribution in [3.63, 3.8) is 0 Å². The molecular weight excluding hydrogens is 254 g/mol. The van der Waals surface area contributed by atoms with E-state index in [0.29, 0.717) is 0 Å². The average Bonchev–Trinajstić information content (AvgIpc) is 3.29. The van der Waals surface area contributed by atoms with Crippen LogP contribution in [0.3, 0.4) is 0 Å². The lowest BCUT2D eigenvalue weighted by atomic mass is 9.70. The summed E-state index contributed by atoms with van der Waals surface area (Å²) < 4.78 is 0. The second-order valence-electron chi connectivity index (χ2n) is 7.59. The van der Waals surface area contributed by atoms with Crippen molar-refractivity contribution in [2.75, 3.05) is 6.54 Å². The summed E-state index contributed by atoms with van der Waals surface area (Å²) in [4.78, 5) is 0. The summed E-state index contributed by atoms with van der Waals surface area (Å²) in [6.07, 6.45) is 12.8. The second kappa shape index (κ2) is 6.12. The van der Waals surface area contributed by atoms with Gasteiger partial charge in [0, 0.05) is 6.04 Å². The summed E-state index contributed by atoms with van der Waals surface area (Å²) in [6.45, 7) is 1.26. The molecule has 3 saturated carbocycles. The molecule has 21 heavy (non-hydrogen) atoms. The van der Waals surface area contributed by atoms with Gasteiger partial charge in [-0.05, 0) is 74.0 Å². The molecule has 1 heteroatoms. The van der Waals surface area contributed by atoms with E-state index in [1.165, 1.54) is 64.3 Å². The molecule has 1 aromatic carbocycles. The maximum Gasteiger partial charge on any atom is 0.00683 e. The smallest absolute Gasteiger partial charge is 0.00683 e. The lowest BCUT2D eigenvalue weighted by Gasteiger charge is -2.36. The van der Waals surface area contributed by atoms with Crippen LogP contribution in [0.15, 0.2) is 24.3 Å². The van der Waals surface area contributed by atoms with Gasteiger partial charge in [0.1, 0.15) is 0 Å². The van der Waals surface area contributed by atoms with Crippen molar-refractivity contribution in [3.8, 4) is 0 Å². The van der Waals surface area contributed by atoms with Crippen molar-refractivity contribution in [2.24, 2.45) is 5.92 Å². The summed E-state index contributed by atoms with van der Waals surface area (Å²) in [5.74, 6) is 2.57. The van der Waals surface area contributed by atoms with Gasteiger partial charge in [0.05, 0.1) is 0 Å². The third-order valence-electron chi connectivity index (χ3n) is 6.10. The van der Waals surface area contributed by atoms with Crippen molar-refractivity contribution in [3.05, 3.63) is 35.4 Å². The van der Waals surface area contributed by atoms with Gasteiger partial charge in [0.2, 0.25) is 0 Å². The average molecular weight is 283 g/mol. The topological polar surface area (TPSA) is 12.0 Å². The largest absolute Gasteiger partial charge is 0.314 e. The minimum atomic E-state index is 0.821. The Morgan fingerprint density at radius 3 is 2.29 bits per heavy atom. The Kier molecular flexibility index (Phi) is 4.03. The summed E-state index contributed by atoms with van der Waals surface area (Å²) in [6, 6.07) is 10.3. The molecule has 1 N–H and O–H groups in total. The molecule has 0 aliphatic heterocycles. The third-order valence-corrected chi connectivity index (χ3v) is 6.10. The fraction of sp³-hybridized carbons (Fsp3) is 0.700. The highest BCUT2D eigenvalue weighted by molar-refractivity contribution is 5.35. The van der Waals surface area contributed by atoms with Gasteiger partial charge in [-0.2, -0.15) is 0 Å². The van der Waals surface area contributed by atoms with Crippen molar-refractivity contribution >= 4 is 0 Å². The van der Waals surface area contributed by atoms with Crippen molar-refractivity contribution in [2.45, 2.75) is 75.7 Å². The zero-order valence-electron chi connectivity index (χ0n) is 13.2. The lowest BCUT2D eigenvalue weighted by Crippen LogP contribution is -2.31. The van der Waals surface area contributed by atoms with E-state index in [-0.39, 0.29) is 0 Å². The highest BCUT2D eigenvalue weighted by Gasteiger charge is 2.32. The zero-order valence-corrected chi connectivity index (χ0v) is 13.2. The van der Waals surface area contributed by atoms with E-state index in [0.717, 1.165) is 23.8 Å². The maximum absolute atomic E-state index is 3.80. The van der Waals surface area contributed by atoms with Crippen LogP contribution in [0.1, 0.15) is 80.8 Å². The molecule has 0 amide bonds. The van der Waals surface area contributed by atoms with Gasteiger partial charge in [-0.15, -0.1) is 0 Å². The van der Waals surface area contributed by atoms with E-state index in [9.17, 15) is 0 Å². The van der Waals surface area contributed by atoms with Gasteiger partial charge < -0.3 is 5.32 Å². The van der Waals surface area contributed by atoms with Crippen molar-refractivity contribution < 1.29 is 0 Å². The zero-order chi connectivity index (χ0) is 14.1. The predicted octanol–water partition coefficient (Wildman–Crippen LogP) is 4.98. The molecule has 2 atom stereocenters. The molecule has 0 saturated heterocycles. The van der Waals surface area contributed by atoms with Gasteiger partial charge in [0.25, 0.3) is 0 Å². The molecule has 0 radical (unpaired) electrons. The lowest BCUT2D eigenvalue weighted by molar-refractivity contribution is 0.290. The molecule has 3 fully saturated rings. The Hall–Kier alpha value is -0.820. The quantitative estimate of drug-likeness (QED) is 0.803. The number of hydrogen-bond acceptors (Lipinski definition) is 1. The van der Waals surface area contributed by atoms with Crippen LogP contribution in [-0.4, -0.2) is 12.6 Å². The predicted molar refractivity (Wildman–Crippen MR) is 88.8 cm³/mol. The van der Waals surface area contributed by atoms with E-state index in [2.05, 4.69) is 29.6 Å². The molecular formula is C20H29N. The Labute approximate surface area is 129 Å². The third kappa shape index (κ3) is 3.04. The summed E-state index contributed by atoms with van der Waals surface area (Å²) >= 11 is 0. The van der Waals surface area contributed by atoms with Gasteiger partial charge in [-0.1, -0.05) is 43.5 Å². The molecule has 1 nitrogen and oxygen atoms in total. The van der Waals surface area contributed by atoms with E-state index in [1.54, 1.807) is 11.1 Å². The van der Waals surface area contributed by atoms with Crippen LogP contribution in [-0.2, 0) is 0 Å². The van der Waals surface area contributed by atoms with Gasteiger partial charge in [-0.25, -0.2) is 0 Å². The molecule has 1 aromatic rings. The van der Waals surface area contributed by atoms with Crippen LogP contribution in [0.4, 0.5) is 0 Å². The highest BCUT2D eigenvalue weighted by Crippen LogP contribution is 2.45. The Bertz CT molecular complexity index is 472. The summed E-state index contributed by atoms with van der Waals surface area (Å²) in [5.41, 5.74) is 3.41. The first-order chi connectivity index (χ1) is 10.4. The Morgan fingerprint density at radius 2 is 1.57 bits per heavy atom. The van der Waals surface area contributed by atoms with E-state index >= 15 is 0 Å². The Morgan fingerprint density at radius 1 is 0.810 bits per heavy atom. The molecule has 3 aliphatic carbocycles. The number of hydrogen-bond donors (Lipinski definition) is 1. The molecule has 114 valence electrons. The number of benzene rings is 1. The standard InChI is InChI=1S/C20H29N/c1-2-10-19(16(6-1)14-21-17-12-13-17)20-11-4-3-9-18(20)15-7-5-8-15/h3-4,9,11,15-17,19,21H,1-2,5-8,10,12-14H2. The van der Waals surface area contributed by atoms with Crippen LogP contribution < -0.4 is 5.32 Å². The monoisotopic (exact) mass is 283 g/mol. The normalized spacial score (nSPS) is 30.1. The first-order valence-corrected chi connectivity index (χ1v) is 9.24. The number of rotatable bonds is 5. The van der Waals surface area contributed by atoms with Gasteiger partial charge >= 0.3 is 0 Å². The summed E-state index contributed by atoms with van der Waals surface area (Å²) in [7, 11) is 0. The van der Waals surface area contributed by atoms with Gasteiger partial charge in [-0.3, -0.25) is 0 Å². The van der Waals surface area contributed by atoms with E-state index in [4.69, 9.17) is 0 Å². The van der Waals surface area contributed by atoms with E-state index < -0.39 is 0 Å². The SMILES string of the molecule is c1ccc(C2CCCCC2CNC2CC2)c(C2CCC2)c1. The van der Waals surface area contributed by atoms with Crippen LogP contribution in [0.25, 0.3) is 0 Å². The minimum Gasteiger partial charge on any atom is -0.314 e. The van der Waals surface area contributed by atoms with Crippen LogP contribution >= 0.6 is 0 Å². The van der Waals surface area contributed by atoms with Crippen molar-refractivity contribution in [1.82, 2.24) is 5.32 Å².